The first-order valence-electron chi connectivity index (χ1n) is 32.2. The lowest BCUT2D eigenvalue weighted by Crippen LogP contribution is -2.61. The lowest BCUT2D eigenvalue weighted by Gasteiger charge is -2.46. The summed E-state index contributed by atoms with van der Waals surface area (Å²) in [7, 11) is 0. The second kappa shape index (κ2) is 22.0. The number of benzene rings is 11. The van der Waals surface area contributed by atoms with Gasteiger partial charge in [0.2, 0.25) is 0 Å². The Labute approximate surface area is 532 Å². The van der Waals surface area contributed by atoms with Crippen molar-refractivity contribution in [2.45, 2.75) is 131 Å². The first-order valence-corrected chi connectivity index (χ1v) is 32.2. The minimum atomic E-state index is -0.266. The maximum Gasteiger partial charge on any atom is 0.252 e. The van der Waals surface area contributed by atoms with E-state index in [-0.39, 0.29) is 33.8 Å². The van der Waals surface area contributed by atoms with E-state index in [1.807, 2.05) is 0 Å². The molecule has 0 spiro atoms. The maximum absolute atomic E-state index is 2.71. The molecule has 13 rings (SSSR count). The molecule has 2 heterocycles. The van der Waals surface area contributed by atoms with Crippen LogP contribution in [0.3, 0.4) is 0 Å². The summed E-state index contributed by atoms with van der Waals surface area (Å²) in [6.07, 6.45) is 0. The summed E-state index contributed by atoms with van der Waals surface area (Å²) in [6.45, 7) is 35.3. The fourth-order valence-corrected chi connectivity index (χ4v) is 14.0. The molecule has 2 aliphatic rings. The molecule has 0 saturated carbocycles. The number of fused-ring (bicyclic) bond motifs is 4. The summed E-state index contributed by atoms with van der Waals surface area (Å²) < 4.78 is 0. The molecular weight excluding hydrogens is 1070 g/mol. The first kappa shape index (κ1) is 59.1. The monoisotopic (exact) mass is 1160 g/mol. The smallest absolute Gasteiger partial charge is 0.252 e. The topological polar surface area (TPSA) is 6.48 Å². The van der Waals surface area contributed by atoms with Crippen LogP contribution in [0.1, 0.15) is 132 Å². The molecule has 11 aromatic carbocycles. The molecule has 442 valence electrons. The van der Waals surface area contributed by atoms with Gasteiger partial charge in [0.25, 0.3) is 6.71 Å². The van der Waals surface area contributed by atoms with Crippen molar-refractivity contribution in [2.24, 2.45) is 0 Å². The Kier molecular flexibility index (Phi) is 14.6. The number of nitrogens with zero attached hydrogens (tertiary/aromatic N) is 2. The molecule has 0 radical (unpaired) electrons. The van der Waals surface area contributed by atoms with Crippen LogP contribution < -0.4 is 26.2 Å². The van der Waals surface area contributed by atoms with Crippen molar-refractivity contribution in [3.05, 3.63) is 270 Å². The van der Waals surface area contributed by atoms with E-state index in [2.05, 4.69) is 356 Å². The number of para-hydroxylation sites is 2. The van der Waals surface area contributed by atoms with E-state index in [4.69, 9.17) is 0 Å². The van der Waals surface area contributed by atoms with E-state index in [1.54, 1.807) is 0 Å². The van der Waals surface area contributed by atoms with Gasteiger partial charge in [-0.25, -0.2) is 0 Å². The molecule has 0 saturated heterocycles. The lowest BCUT2D eigenvalue weighted by molar-refractivity contribution is 0.569. The zero-order valence-corrected chi connectivity index (χ0v) is 55.1. The molecular formula is C86H85BN2. The average molecular weight is 1160 g/mol. The van der Waals surface area contributed by atoms with Crippen LogP contribution in [0.4, 0.5) is 34.1 Å². The van der Waals surface area contributed by atoms with Crippen LogP contribution in [0.5, 0.6) is 0 Å². The third kappa shape index (κ3) is 10.7. The molecule has 0 unspecified atom stereocenters. The van der Waals surface area contributed by atoms with Gasteiger partial charge in [0.15, 0.2) is 0 Å². The van der Waals surface area contributed by atoms with Crippen LogP contribution >= 0.6 is 0 Å². The Morgan fingerprint density at radius 2 is 0.551 bits per heavy atom. The molecule has 0 aliphatic carbocycles. The van der Waals surface area contributed by atoms with Crippen LogP contribution in [0, 0.1) is 0 Å². The summed E-state index contributed by atoms with van der Waals surface area (Å²) in [4.78, 5) is 5.42. The predicted molar refractivity (Wildman–Crippen MR) is 387 cm³/mol. The predicted octanol–water partition coefficient (Wildman–Crippen LogP) is 22.3. The van der Waals surface area contributed by atoms with Gasteiger partial charge in [-0.15, -0.1) is 0 Å². The van der Waals surface area contributed by atoms with E-state index in [1.165, 1.54) is 134 Å². The molecule has 0 bridgehead atoms. The van der Waals surface area contributed by atoms with Crippen LogP contribution in [0.15, 0.2) is 243 Å². The van der Waals surface area contributed by atoms with Crippen LogP contribution in [-0.4, -0.2) is 6.71 Å². The van der Waals surface area contributed by atoms with Gasteiger partial charge < -0.3 is 9.80 Å². The summed E-state index contributed by atoms with van der Waals surface area (Å²) in [5.74, 6) is 0. The summed E-state index contributed by atoms with van der Waals surface area (Å²) in [5.41, 5.74) is 31.3. The third-order valence-electron chi connectivity index (χ3n) is 18.8. The van der Waals surface area contributed by atoms with Crippen molar-refractivity contribution < 1.29 is 0 Å². The highest BCUT2D eigenvalue weighted by molar-refractivity contribution is 7.00. The standard InChI is InChI=1S/C86H85BN2/c1-82(2,3)62-44-46-65(71(52-62)85(10,11)12)60-42-48-73-75(50-60)88(80-67(56-30-20-16-21-31-56)38-28-39-68(80)57-32-22-17-23-33-57)77-54-64(84(7,8)9)55-78-79(77)87(73)74-49-43-61(66-47-45-63(83(4,5)6)53-72(66)86(13,14)15)51-76(74)89(78)81-69(58-34-24-18-25-35-58)40-29-41-70(81)59-36-26-19-27-37-59/h16-55H,1-15H3. The van der Waals surface area contributed by atoms with Crippen LogP contribution in [-0.2, 0) is 27.1 Å². The largest absolute Gasteiger partial charge is 0.310 e. The van der Waals surface area contributed by atoms with Gasteiger partial charge in [-0.3, -0.25) is 0 Å². The Bertz CT molecular complexity index is 4090. The third-order valence-corrected chi connectivity index (χ3v) is 18.8. The Hall–Kier alpha value is -8.92. The fourth-order valence-electron chi connectivity index (χ4n) is 14.0. The Morgan fingerprint density at radius 3 is 0.843 bits per heavy atom. The number of anilines is 6. The molecule has 3 heteroatoms. The fraction of sp³-hybridized carbons (Fsp3) is 0.233. The first-order chi connectivity index (χ1) is 42.3. The molecule has 0 fully saturated rings. The van der Waals surface area contributed by atoms with Crippen molar-refractivity contribution >= 4 is 57.2 Å². The lowest BCUT2D eigenvalue weighted by atomic mass is 9.33. The average Bonchev–Trinajstić information content (AvgIpc) is 0.692. The zero-order chi connectivity index (χ0) is 62.5. The van der Waals surface area contributed by atoms with E-state index in [0.29, 0.717) is 0 Å². The van der Waals surface area contributed by atoms with Gasteiger partial charge in [-0.2, -0.15) is 0 Å². The van der Waals surface area contributed by atoms with Crippen LogP contribution in [0.25, 0.3) is 66.8 Å². The quantitative estimate of drug-likeness (QED) is 0.140. The molecule has 0 N–H and O–H groups in total. The minimum absolute atomic E-state index is 0.0118. The summed E-state index contributed by atoms with van der Waals surface area (Å²) in [6, 6.07) is 92.9. The minimum Gasteiger partial charge on any atom is -0.310 e. The Morgan fingerprint density at radius 1 is 0.236 bits per heavy atom. The van der Waals surface area contributed by atoms with E-state index < -0.39 is 0 Å². The van der Waals surface area contributed by atoms with E-state index in [9.17, 15) is 0 Å². The second-order valence-corrected chi connectivity index (χ2v) is 30.2. The number of hydrogen-bond acceptors (Lipinski definition) is 2. The maximum atomic E-state index is 2.71. The molecule has 89 heavy (non-hydrogen) atoms. The SMILES string of the molecule is CC(C)(C)c1cc2c3c(c1)N(c1c(-c4ccccc4)cccc1-c1ccccc1)c1cc(-c4ccc(C(C)(C)C)cc4C(C)(C)C)ccc1B3c1ccc(-c3ccc(C(C)(C)C)cc3C(C)(C)C)cc1N2c1c(-c2ccccc2)cccc1-c1ccccc1. The van der Waals surface area contributed by atoms with Gasteiger partial charge in [0.1, 0.15) is 0 Å². The summed E-state index contributed by atoms with van der Waals surface area (Å²) >= 11 is 0. The number of rotatable bonds is 8. The van der Waals surface area contributed by atoms with Crippen molar-refractivity contribution in [3.8, 4) is 66.8 Å². The van der Waals surface area contributed by atoms with Crippen molar-refractivity contribution in [3.63, 3.8) is 0 Å². The van der Waals surface area contributed by atoms with E-state index in [0.717, 1.165) is 11.4 Å². The Balaban J connectivity index is 1.22. The molecule has 2 aliphatic heterocycles. The molecule has 11 aromatic rings. The van der Waals surface area contributed by atoms with Gasteiger partial charge in [0.05, 0.1) is 11.4 Å². The highest BCUT2D eigenvalue weighted by Gasteiger charge is 2.46. The molecule has 0 atom stereocenters. The van der Waals surface area contributed by atoms with E-state index >= 15 is 0 Å². The second-order valence-electron chi connectivity index (χ2n) is 30.2. The van der Waals surface area contributed by atoms with Gasteiger partial charge >= 0.3 is 0 Å². The highest BCUT2D eigenvalue weighted by atomic mass is 15.2. The molecule has 0 amide bonds. The molecule has 0 aromatic heterocycles. The van der Waals surface area contributed by atoms with Gasteiger partial charge in [-0.1, -0.05) is 322 Å². The molecule has 2 nitrogen and oxygen atoms in total. The van der Waals surface area contributed by atoms with Gasteiger partial charge in [0, 0.05) is 45.0 Å². The zero-order valence-electron chi connectivity index (χ0n) is 55.1. The van der Waals surface area contributed by atoms with Crippen LogP contribution in [0.2, 0.25) is 0 Å². The van der Waals surface area contributed by atoms with Crippen molar-refractivity contribution in [2.75, 3.05) is 9.80 Å². The van der Waals surface area contributed by atoms with Crippen molar-refractivity contribution in [1.29, 1.82) is 0 Å². The van der Waals surface area contributed by atoms with Gasteiger partial charge in [-0.05, 0) is 140 Å². The van der Waals surface area contributed by atoms with Crippen molar-refractivity contribution in [1.82, 2.24) is 0 Å². The summed E-state index contributed by atoms with van der Waals surface area (Å²) in [5, 5.41) is 0. The highest BCUT2D eigenvalue weighted by Crippen LogP contribution is 2.55. The normalized spacial score (nSPS) is 13.3. The number of hydrogen-bond donors (Lipinski definition) is 0.